The summed E-state index contributed by atoms with van der Waals surface area (Å²) in [5.74, 6) is 1.39. The van der Waals surface area contributed by atoms with Gasteiger partial charge in [0.25, 0.3) is 0 Å². The lowest BCUT2D eigenvalue weighted by atomic mass is 9.94. The van der Waals surface area contributed by atoms with Gasteiger partial charge in [0.2, 0.25) is 12.7 Å². The molecule has 2 heterocycles. The van der Waals surface area contributed by atoms with Gasteiger partial charge in [-0.2, -0.15) is 0 Å². The van der Waals surface area contributed by atoms with Crippen LogP contribution in [0.2, 0.25) is 5.02 Å². The molecular formula is C23H22ClN3O3S. The molecule has 1 fully saturated rings. The largest absolute Gasteiger partial charge is 0.454 e. The van der Waals surface area contributed by atoms with Crippen molar-refractivity contribution in [1.82, 2.24) is 9.88 Å². The lowest BCUT2D eigenvalue weighted by Crippen LogP contribution is -2.27. The normalized spacial score (nSPS) is 16.9. The molecule has 1 amide bonds. The number of nitrogens with zero attached hydrogens (tertiary/aromatic N) is 2. The number of benzene rings is 2. The van der Waals surface area contributed by atoms with Crippen LogP contribution in [0.4, 0.5) is 5.13 Å². The number of halogens is 1. The summed E-state index contributed by atoms with van der Waals surface area (Å²) >= 11 is 7.54. The number of fused-ring (bicyclic) bond motifs is 1. The van der Waals surface area contributed by atoms with Gasteiger partial charge >= 0.3 is 0 Å². The van der Waals surface area contributed by atoms with Gasteiger partial charge in [0.1, 0.15) is 0 Å². The number of aromatic nitrogens is 1. The van der Waals surface area contributed by atoms with Crippen molar-refractivity contribution in [2.45, 2.75) is 24.3 Å². The summed E-state index contributed by atoms with van der Waals surface area (Å²) in [6, 6.07) is 13.6. The van der Waals surface area contributed by atoms with E-state index < -0.39 is 5.41 Å². The smallest absolute Gasteiger partial charge is 0.236 e. The molecule has 3 aromatic rings. The number of thiazole rings is 1. The minimum absolute atomic E-state index is 0.0276. The van der Waals surface area contributed by atoms with E-state index in [9.17, 15) is 4.79 Å². The maximum Gasteiger partial charge on any atom is 0.236 e. The molecule has 2 aromatic carbocycles. The molecule has 0 bridgehead atoms. The molecule has 6 nitrogen and oxygen atoms in total. The molecule has 2 aliphatic rings. The quantitative estimate of drug-likeness (QED) is 0.575. The first-order valence-electron chi connectivity index (χ1n) is 10.1. The summed E-state index contributed by atoms with van der Waals surface area (Å²) < 4.78 is 10.9. The van der Waals surface area contributed by atoms with Crippen molar-refractivity contribution >= 4 is 34.0 Å². The van der Waals surface area contributed by atoms with Gasteiger partial charge in [0, 0.05) is 16.1 Å². The number of amides is 1. The van der Waals surface area contributed by atoms with Crippen LogP contribution in [0.25, 0.3) is 0 Å². The zero-order chi connectivity index (χ0) is 21.6. The average molecular weight is 456 g/mol. The number of anilines is 1. The third-order valence-corrected chi connectivity index (χ3v) is 7.04. The van der Waals surface area contributed by atoms with Crippen LogP contribution in [0.15, 0.2) is 48.7 Å². The zero-order valence-corrected chi connectivity index (χ0v) is 18.8. The number of hydrogen-bond donors (Lipinski definition) is 1. The Bertz CT molecular complexity index is 1130. The molecule has 1 aliphatic carbocycles. The second-order valence-electron chi connectivity index (χ2n) is 8.09. The molecule has 0 saturated heterocycles. The van der Waals surface area contributed by atoms with Crippen molar-refractivity contribution in [1.29, 1.82) is 0 Å². The van der Waals surface area contributed by atoms with E-state index in [1.54, 1.807) is 0 Å². The minimum Gasteiger partial charge on any atom is -0.454 e. The number of rotatable bonds is 6. The van der Waals surface area contributed by atoms with Crippen molar-refractivity contribution < 1.29 is 14.3 Å². The Balaban J connectivity index is 1.35. The van der Waals surface area contributed by atoms with E-state index in [1.165, 1.54) is 11.3 Å². The van der Waals surface area contributed by atoms with Crippen LogP contribution >= 0.6 is 22.9 Å². The lowest BCUT2D eigenvalue weighted by molar-refractivity contribution is -0.118. The van der Waals surface area contributed by atoms with Crippen LogP contribution in [0.1, 0.15) is 34.9 Å². The summed E-state index contributed by atoms with van der Waals surface area (Å²) in [6.45, 7) is 0.223. The third kappa shape index (κ3) is 3.78. The second-order valence-corrected chi connectivity index (χ2v) is 9.59. The van der Waals surface area contributed by atoms with Gasteiger partial charge in [0.15, 0.2) is 16.6 Å². The predicted molar refractivity (Wildman–Crippen MR) is 121 cm³/mol. The first-order chi connectivity index (χ1) is 15.0. The molecule has 8 heteroatoms. The van der Waals surface area contributed by atoms with Gasteiger partial charge in [0.05, 0.1) is 11.5 Å². The third-order valence-electron chi connectivity index (χ3n) is 5.83. The van der Waals surface area contributed by atoms with E-state index >= 15 is 0 Å². The summed E-state index contributed by atoms with van der Waals surface area (Å²) in [5, 5.41) is 4.35. The summed E-state index contributed by atoms with van der Waals surface area (Å²) in [7, 11) is 4.05. The Labute approximate surface area is 189 Å². The number of ether oxygens (including phenoxy) is 2. The Kier molecular flexibility index (Phi) is 5.12. The molecular weight excluding hydrogens is 434 g/mol. The Morgan fingerprint density at radius 3 is 2.61 bits per heavy atom. The highest BCUT2D eigenvalue weighted by atomic mass is 35.5. The zero-order valence-electron chi connectivity index (χ0n) is 17.2. The van der Waals surface area contributed by atoms with Crippen LogP contribution < -0.4 is 14.8 Å². The van der Waals surface area contributed by atoms with Crippen molar-refractivity contribution in [3.63, 3.8) is 0 Å². The first-order valence-corrected chi connectivity index (χ1v) is 11.2. The predicted octanol–water partition coefficient (Wildman–Crippen LogP) is 4.85. The van der Waals surface area contributed by atoms with Crippen LogP contribution in [0, 0.1) is 0 Å². The van der Waals surface area contributed by atoms with Gasteiger partial charge in [-0.3, -0.25) is 9.69 Å². The highest BCUT2D eigenvalue weighted by molar-refractivity contribution is 7.15. The van der Waals surface area contributed by atoms with Crippen molar-refractivity contribution in [2.75, 3.05) is 26.2 Å². The topological polar surface area (TPSA) is 63.7 Å². The second kappa shape index (κ2) is 7.82. The highest BCUT2D eigenvalue weighted by Crippen LogP contribution is 2.51. The van der Waals surface area contributed by atoms with Crippen LogP contribution in [-0.2, 0) is 10.2 Å². The summed E-state index contributed by atoms with van der Waals surface area (Å²) in [4.78, 5) is 20.8. The molecule has 160 valence electrons. The number of carbonyl (C=O) groups excluding carboxylic acids is 1. The van der Waals surface area contributed by atoms with Crippen molar-refractivity contribution in [2.24, 2.45) is 0 Å². The fourth-order valence-electron chi connectivity index (χ4n) is 4.02. The van der Waals surface area contributed by atoms with E-state index in [2.05, 4.69) is 15.2 Å². The van der Waals surface area contributed by atoms with E-state index in [-0.39, 0.29) is 18.7 Å². The number of hydrogen-bond acceptors (Lipinski definition) is 6. The number of nitrogens with one attached hydrogen (secondary N) is 1. The molecule has 1 unspecified atom stereocenters. The summed E-state index contributed by atoms with van der Waals surface area (Å²) in [6.07, 6.45) is 3.45. The molecule has 31 heavy (non-hydrogen) atoms. The van der Waals surface area contributed by atoms with Gasteiger partial charge in [-0.1, -0.05) is 41.1 Å². The molecule has 5 rings (SSSR count). The van der Waals surface area contributed by atoms with Gasteiger partial charge < -0.3 is 14.8 Å². The molecule has 0 spiro atoms. The van der Waals surface area contributed by atoms with Crippen molar-refractivity contribution in [3.05, 3.63) is 69.7 Å². The molecule has 1 atom stereocenters. The van der Waals surface area contributed by atoms with Crippen LogP contribution in [-0.4, -0.2) is 36.7 Å². The van der Waals surface area contributed by atoms with E-state index in [0.717, 1.165) is 34.6 Å². The van der Waals surface area contributed by atoms with Crippen molar-refractivity contribution in [3.8, 4) is 11.5 Å². The minimum atomic E-state index is -0.524. The lowest BCUT2D eigenvalue weighted by Gasteiger charge is -2.23. The van der Waals surface area contributed by atoms with E-state index in [1.807, 2.05) is 62.8 Å². The van der Waals surface area contributed by atoms with Crippen LogP contribution in [0.3, 0.4) is 0 Å². The molecule has 0 radical (unpaired) electrons. The fraction of sp³-hybridized carbons (Fsp3) is 0.304. The molecule has 1 saturated carbocycles. The fourth-order valence-corrected chi connectivity index (χ4v) is 5.18. The maximum atomic E-state index is 13.2. The Morgan fingerprint density at radius 2 is 1.90 bits per heavy atom. The SMILES string of the molecule is CN(C)C(c1ccc(Cl)cc1)c1cnc(NC(=O)C2(c3ccc4c(c3)OCO4)CC2)s1. The standard InChI is InChI=1S/C23H22ClN3O3S/c1-27(2)20(14-3-6-16(24)7-4-14)19-12-25-22(31-19)26-21(28)23(9-10-23)15-5-8-17-18(11-15)30-13-29-17/h3-8,11-12,20H,9-10,13H2,1-2H3,(H,25,26,28). The van der Waals surface area contributed by atoms with E-state index in [4.69, 9.17) is 21.1 Å². The number of carbonyl (C=O) groups is 1. The van der Waals surface area contributed by atoms with Gasteiger partial charge in [-0.25, -0.2) is 4.98 Å². The summed E-state index contributed by atoms with van der Waals surface area (Å²) in [5.41, 5.74) is 1.55. The van der Waals surface area contributed by atoms with Gasteiger partial charge in [-0.05, 0) is 62.3 Å². The molecule has 1 N–H and O–H groups in total. The first kappa shape index (κ1) is 20.3. The maximum absolute atomic E-state index is 13.2. The molecule has 1 aliphatic heterocycles. The van der Waals surface area contributed by atoms with Crippen LogP contribution in [0.5, 0.6) is 11.5 Å². The average Bonchev–Trinajstić information content (AvgIpc) is 3.22. The Hall–Kier alpha value is -2.61. The highest BCUT2D eigenvalue weighted by Gasteiger charge is 2.52. The van der Waals surface area contributed by atoms with Gasteiger partial charge in [-0.15, -0.1) is 0 Å². The Morgan fingerprint density at radius 1 is 1.16 bits per heavy atom. The monoisotopic (exact) mass is 455 g/mol. The van der Waals surface area contributed by atoms with E-state index in [0.29, 0.717) is 15.9 Å². The molecule has 1 aromatic heterocycles.